The van der Waals surface area contributed by atoms with Crippen molar-refractivity contribution >= 4 is 11.8 Å². The fourth-order valence-corrected chi connectivity index (χ4v) is 3.31. The second-order valence-corrected chi connectivity index (χ2v) is 8.32. The van der Waals surface area contributed by atoms with Crippen LogP contribution in [0.2, 0.25) is 0 Å². The molecule has 5 heteroatoms. The fraction of sp³-hybridized carbons (Fsp3) is 0.650. The van der Waals surface area contributed by atoms with Crippen LogP contribution in [0.1, 0.15) is 57.9 Å². The molecule has 1 atom stereocenters. The van der Waals surface area contributed by atoms with Gasteiger partial charge in [-0.3, -0.25) is 0 Å². The molecule has 2 N–H and O–H groups in total. The maximum Gasteiger partial charge on any atom is 0.410 e. The Bertz CT molecular complexity index is 620. The minimum atomic E-state index is -0.455. The van der Waals surface area contributed by atoms with Gasteiger partial charge in [-0.2, -0.15) is 0 Å². The second-order valence-electron chi connectivity index (χ2n) is 8.32. The standard InChI is InChI=1S/C20H30N2O3/c1-20(2,3)25-19(23)22-10-4-5-14(12-22)13-24-18-9-8-16(21)11-17(18)15-6-7-15/h8-9,11,14-15H,4-7,10,12-13,21H2,1-3H3. The Labute approximate surface area is 150 Å². The van der Waals surface area contributed by atoms with Gasteiger partial charge in [0, 0.05) is 24.7 Å². The number of carbonyl (C=O) groups excluding carboxylic acids is 1. The summed E-state index contributed by atoms with van der Waals surface area (Å²) in [4.78, 5) is 14.1. The van der Waals surface area contributed by atoms with Crippen molar-refractivity contribution in [2.24, 2.45) is 5.92 Å². The first-order valence-corrected chi connectivity index (χ1v) is 9.32. The predicted octanol–water partition coefficient (Wildman–Crippen LogP) is 4.17. The first-order chi connectivity index (χ1) is 11.8. The van der Waals surface area contributed by atoms with Gasteiger partial charge in [0.15, 0.2) is 0 Å². The first kappa shape index (κ1) is 17.9. The van der Waals surface area contributed by atoms with E-state index in [4.69, 9.17) is 15.2 Å². The Morgan fingerprint density at radius 2 is 2.04 bits per heavy atom. The van der Waals surface area contributed by atoms with Gasteiger partial charge >= 0.3 is 6.09 Å². The molecular weight excluding hydrogens is 316 g/mol. The van der Waals surface area contributed by atoms with Gasteiger partial charge in [-0.25, -0.2) is 4.79 Å². The van der Waals surface area contributed by atoms with Crippen molar-refractivity contribution in [1.29, 1.82) is 0 Å². The van der Waals surface area contributed by atoms with E-state index in [9.17, 15) is 4.79 Å². The summed E-state index contributed by atoms with van der Waals surface area (Å²) in [6.07, 6.45) is 4.28. The normalized spacial score (nSPS) is 21.1. The lowest BCUT2D eigenvalue weighted by Crippen LogP contribution is -2.44. The van der Waals surface area contributed by atoms with Crippen LogP contribution in [-0.4, -0.2) is 36.3 Å². The fourth-order valence-electron chi connectivity index (χ4n) is 3.31. The highest BCUT2D eigenvalue weighted by atomic mass is 16.6. The van der Waals surface area contributed by atoms with E-state index in [-0.39, 0.29) is 6.09 Å². The van der Waals surface area contributed by atoms with Crippen molar-refractivity contribution in [2.75, 3.05) is 25.4 Å². The van der Waals surface area contributed by atoms with E-state index in [0.717, 1.165) is 30.8 Å². The van der Waals surface area contributed by atoms with Gasteiger partial charge in [0.25, 0.3) is 0 Å². The minimum absolute atomic E-state index is 0.219. The van der Waals surface area contributed by atoms with Crippen molar-refractivity contribution in [1.82, 2.24) is 4.90 Å². The van der Waals surface area contributed by atoms with Gasteiger partial charge in [-0.1, -0.05) is 0 Å². The zero-order valence-electron chi connectivity index (χ0n) is 15.6. The number of carbonyl (C=O) groups is 1. The van der Waals surface area contributed by atoms with Gasteiger partial charge in [-0.05, 0) is 76.1 Å². The zero-order chi connectivity index (χ0) is 18.0. The monoisotopic (exact) mass is 346 g/mol. The average molecular weight is 346 g/mol. The molecule has 0 aromatic heterocycles. The van der Waals surface area contributed by atoms with E-state index in [1.54, 1.807) is 0 Å². The number of hydrogen-bond donors (Lipinski definition) is 1. The van der Waals surface area contributed by atoms with Crippen LogP contribution in [0.25, 0.3) is 0 Å². The first-order valence-electron chi connectivity index (χ1n) is 9.32. The van der Waals surface area contributed by atoms with Crippen LogP contribution >= 0.6 is 0 Å². The third-order valence-corrected chi connectivity index (χ3v) is 4.70. The van der Waals surface area contributed by atoms with Crippen LogP contribution in [0.5, 0.6) is 5.75 Å². The topological polar surface area (TPSA) is 64.8 Å². The number of anilines is 1. The molecule has 3 rings (SSSR count). The number of likely N-dealkylation sites (tertiary alicyclic amines) is 1. The molecular formula is C20H30N2O3. The van der Waals surface area contributed by atoms with Crippen LogP contribution in [0.3, 0.4) is 0 Å². The summed E-state index contributed by atoms with van der Waals surface area (Å²) in [6.45, 7) is 7.79. The molecule has 0 radical (unpaired) electrons. The Morgan fingerprint density at radius 3 is 2.72 bits per heavy atom. The summed E-state index contributed by atoms with van der Waals surface area (Å²) in [5.41, 5.74) is 7.50. The highest BCUT2D eigenvalue weighted by Gasteiger charge is 2.29. The van der Waals surface area contributed by atoms with Crippen molar-refractivity contribution < 1.29 is 14.3 Å². The molecule has 1 aromatic rings. The van der Waals surface area contributed by atoms with Crippen LogP contribution < -0.4 is 10.5 Å². The number of ether oxygens (including phenoxy) is 2. The highest BCUT2D eigenvalue weighted by Crippen LogP contribution is 2.45. The predicted molar refractivity (Wildman–Crippen MR) is 98.9 cm³/mol. The number of nitrogen functional groups attached to an aromatic ring is 1. The molecule has 0 bridgehead atoms. The van der Waals surface area contributed by atoms with Crippen molar-refractivity contribution in [3.63, 3.8) is 0 Å². The maximum atomic E-state index is 12.3. The van der Waals surface area contributed by atoms with E-state index >= 15 is 0 Å². The number of rotatable bonds is 4. The van der Waals surface area contributed by atoms with Crippen LogP contribution in [-0.2, 0) is 4.74 Å². The Balaban J connectivity index is 1.56. The highest BCUT2D eigenvalue weighted by molar-refractivity contribution is 5.68. The van der Waals surface area contributed by atoms with Gasteiger partial charge in [0.2, 0.25) is 0 Å². The lowest BCUT2D eigenvalue weighted by Gasteiger charge is -2.34. The molecule has 0 spiro atoms. The zero-order valence-corrected chi connectivity index (χ0v) is 15.6. The summed E-state index contributed by atoms with van der Waals surface area (Å²) in [6, 6.07) is 5.92. The average Bonchev–Trinajstić information content (AvgIpc) is 3.37. The summed E-state index contributed by atoms with van der Waals surface area (Å²) in [5, 5.41) is 0. The number of hydrogen-bond acceptors (Lipinski definition) is 4. The van der Waals surface area contributed by atoms with E-state index < -0.39 is 5.60 Å². The van der Waals surface area contributed by atoms with Crippen molar-refractivity contribution in [3.8, 4) is 5.75 Å². The molecule has 1 saturated heterocycles. The SMILES string of the molecule is CC(C)(C)OC(=O)N1CCCC(COc2ccc(N)cc2C2CC2)C1. The molecule has 2 fully saturated rings. The van der Waals surface area contributed by atoms with E-state index in [1.165, 1.54) is 18.4 Å². The summed E-state index contributed by atoms with van der Waals surface area (Å²) < 4.78 is 11.6. The molecule has 1 heterocycles. The second kappa shape index (κ2) is 7.14. The Hall–Kier alpha value is -1.91. The van der Waals surface area contributed by atoms with E-state index in [2.05, 4.69) is 0 Å². The molecule has 25 heavy (non-hydrogen) atoms. The molecule has 1 aromatic carbocycles. The molecule has 1 unspecified atom stereocenters. The molecule has 1 aliphatic carbocycles. The Kier molecular flexibility index (Phi) is 5.11. The third-order valence-electron chi connectivity index (χ3n) is 4.70. The van der Waals surface area contributed by atoms with Crippen LogP contribution in [0.4, 0.5) is 10.5 Å². The Morgan fingerprint density at radius 1 is 1.28 bits per heavy atom. The molecule has 1 saturated carbocycles. The van der Waals surface area contributed by atoms with Crippen molar-refractivity contribution in [3.05, 3.63) is 23.8 Å². The van der Waals surface area contributed by atoms with Gasteiger partial charge in [0.1, 0.15) is 11.4 Å². The maximum absolute atomic E-state index is 12.3. The minimum Gasteiger partial charge on any atom is -0.493 e. The number of nitrogens with two attached hydrogens (primary N) is 1. The van der Waals surface area contributed by atoms with Crippen LogP contribution in [0.15, 0.2) is 18.2 Å². The van der Waals surface area contributed by atoms with Gasteiger partial charge < -0.3 is 20.1 Å². The molecule has 5 nitrogen and oxygen atoms in total. The van der Waals surface area contributed by atoms with Crippen LogP contribution in [0, 0.1) is 5.92 Å². The number of nitrogens with zero attached hydrogens (tertiary/aromatic N) is 1. The molecule has 138 valence electrons. The number of piperidine rings is 1. The smallest absolute Gasteiger partial charge is 0.410 e. The van der Waals surface area contributed by atoms with Gasteiger partial charge in [0.05, 0.1) is 6.61 Å². The van der Waals surface area contributed by atoms with E-state index in [1.807, 2.05) is 43.9 Å². The van der Waals surface area contributed by atoms with Gasteiger partial charge in [-0.15, -0.1) is 0 Å². The largest absolute Gasteiger partial charge is 0.493 e. The summed E-state index contributed by atoms with van der Waals surface area (Å²) in [5.74, 6) is 1.89. The quantitative estimate of drug-likeness (QED) is 0.831. The van der Waals surface area contributed by atoms with E-state index in [0.29, 0.717) is 25.0 Å². The number of benzene rings is 1. The van der Waals surface area contributed by atoms with Crippen molar-refractivity contribution in [2.45, 2.75) is 58.0 Å². The molecule has 1 aliphatic heterocycles. The molecule has 2 aliphatic rings. The lowest BCUT2D eigenvalue weighted by atomic mass is 9.99. The summed E-state index contributed by atoms with van der Waals surface area (Å²) >= 11 is 0. The summed E-state index contributed by atoms with van der Waals surface area (Å²) in [7, 11) is 0. The number of amides is 1. The molecule has 1 amide bonds. The third kappa shape index (κ3) is 5.03. The lowest BCUT2D eigenvalue weighted by molar-refractivity contribution is 0.0139.